The van der Waals surface area contributed by atoms with Gasteiger partial charge in [0.25, 0.3) is 11.5 Å². The summed E-state index contributed by atoms with van der Waals surface area (Å²) in [6.45, 7) is 0. The number of hydrogen-bond donors (Lipinski definition) is 1. The predicted molar refractivity (Wildman–Crippen MR) is 133 cm³/mol. The first-order valence-electron chi connectivity index (χ1n) is 9.89. The number of imidazole rings is 1. The number of nitrogens with one attached hydrogen (secondary N) is 1. The number of hydrogen-bond acceptors (Lipinski definition) is 6. The molecule has 5 aromatic rings. The lowest BCUT2D eigenvalue weighted by molar-refractivity contribution is 0.0805. The molecule has 11 heteroatoms. The lowest BCUT2D eigenvalue weighted by Crippen LogP contribution is -2.47. The van der Waals surface area contributed by atoms with E-state index in [1.165, 1.54) is 23.7 Å². The summed E-state index contributed by atoms with van der Waals surface area (Å²) in [6.07, 6.45) is 1.85. The Labute approximate surface area is 211 Å². The summed E-state index contributed by atoms with van der Waals surface area (Å²) in [5.41, 5.74) is 2.19. The average molecular weight is 535 g/mol. The van der Waals surface area contributed by atoms with Gasteiger partial charge < -0.3 is 14.5 Å². The number of nitrogens with zero attached hydrogens (tertiary/aromatic N) is 2. The van der Waals surface area contributed by atoms with E-state index >= 15 is 0 Å². The standard InChI is InChI=1S/C23H14Cl3N3O4S/c24-23(25,26)21(28-19(30)17-6-3-11-32-17)33-14-9-7-13(8-10-14)12-18-20(31)29-16-5-2-1-4-15(16)27-22(29)34-18/h1-12,21H,(H,28,30)/b18-12-/t21-/m0/s1. The van der Waals surface area contributed by atoms with Crippen LogP contribution in [0.2, 0.25) is 0 Å². The topological polar surface area (TPSA) is 85.8 Å². The zero-order valence-corrected chi connectivity index (χ0v) is 20.2. The molecule has 34 heavy (non-hydrogen) atoms. The maximum absolute atomic E-state index is 12.9. The molecule has 0 saturated carbocycles. The Kier molecular flexibility index (Phi) is 5.99. The lowest BCUT2D eigenvalue weighted by atomic mass is 10.2. The van der Waals surface area contributed by atoms with Crippen LogP contribution in [0.25, 0.3) is 22.1 Å². The van der Waals surface area contributed by atoms with E-state index < -0.39 is 15.9 Å². The van der Waals surface area contributed by atoms with Gasteiger partial charge in [0.2, 0.25) is 10.0 Å². The summed E-state index contributed by atoms with van der Waals surface area (Å²) in [6, 6.07) is 17.3. The molecule has 0 fully saturated rings. The summed E-state index contributed by atoms with van der Waals surface area (Å²) in [5, 5.41) is 2.49. The summed E-state index contributed by atoms with van der Waals surface area (Å²) in [4.78, 5) is 30.3. The third-order valence-electron chi connectivity index (χ3n) is 4.88. The Morgan fingerprint density at radius 3 is 2.59 bits per heavy atom. The number of amides is 1. The zero-order valence-electron chi connectivity index (χ0n) is 17.1. The van der Waals surface area contributed by atoms with Crippen molar-refractivity contribution in [3.8, 4) is 5.75 Å². The summed E-state index contributed by atoms with van der Waals surface area (Å²) in [7, 11) is 0. The second kappa shape index (κ2) is 8.96. The van der Waals surface area contributed by atoms with E-state index in [0.29, 0.717) is 15.2 Å². The molecule has 0 saturated heterocycles. The second-order valence-corrected chi connectivity index (χ2v) is 10.6. The van der Waals surface area contributed by atoms with Gasteiger partial charge in [0, 0.05) is 0 Å². The number of rotatable bonds is 5. The molecule has 7 nitrogen and oxygen atoms in total. The Morgan fingerprint density at radius 2 is 1.88 bits per heavy atom. The second-order valence-electron chi connectivity index (χ2n) is 7.19. The Hall–Kier alpha value is -3.04. The van der Waals surface area contributed by atoms with Crippen LogP contribution in [0.3, 0.4) is 0 Å². The van der Waals surface area contributed by atoms with Crippen molar-refractivity contribution in [3.05, 3.63) is 93.1 Å². The third-order valence-corrected chi connectivity index (χ3v) is 6.44. The minimum atomic E-state index is -1.95. The minimum absolute atomic E-state index is 0.0521. The molecule has 0 unspecified atom stereocenters. The maximum Gasteiger partial charge on any atom is 0.289 e. The molecule has 0 aliphatic carbocycles. The number of halogens is 3. The number of fused-ring (bicyclic) bond motifs is 3. The molecule has 5 rings (SSSR count). The molecule has 0 aliphatic rings. The molecule has 1 atom stereocenters. The monoisotopic (exact) mass is 533 g/mol. The van der Waals surface area contributed by atoms with Gasteiger partial charge in [-0.05, 0) is 48.0 Å². The SMILES string of the molecule is O=C(N[C@@H](Oc1ccc(/C=c2\sc3nc4ccccc4n3c2=O)cc1)C(Cl)(Cl)Cl)c1ccco1. The van der Waals surface area contributed by atoms with Gasteiger partial charge in [-0.1, -0.05) is 70.4 Å². The van der Waals surface area contributed by atoms with E-state index in [1.807, 2.05) is 24.3 Å². The highest BCUT2D eigenvalue weighted by molar-refractivity contribution is 7.15. The molecule has 3 heterocycles. The van der Waals surface area contributed by atoms with Gasteiger partial charge in [-0.25, -0.2) is 9.38 Å². The van der Waals surface area contributed by atoms with Crippen molar-refractivity contribution < 1.29 is 13.9 Å². The maximum atomic E-state index is 12.9. The highest BCUT2D eigenvalue weighted by atomic mass is 35.6. The van der Waals surface area contributed by atoms with E-state index in [1.54, 1.807) is 40.8 Å². The summed E-state index contributed by atoms with van der Waals surface area (Å²) < 4.78 is 11.0. The molecular formula is C23H14Cl3N3O4S. The van der Waals surface area contributed by atoms with Gasteiger partial charge in [-0.15, -0.1) is 0 Å². The Bertz CT molecular complexity index is 1590. The first-order valence-corrected chi connectivity index (χ1v) is 11.8. The van der Waals surface area contributed by atoms with Crippen LogP contribution < -0.4 is 20.1 Å². The quantitative estimate of drug-likeness (QED) is 0.264. The fourth-order valence-corrected chi connectivity index (χ4v) is 4.60. The van der Waals surface area contributed by atoms with Crippen LogP contribution in [-0.2, 0) is 0 Å². The predicted octanol–water partition coefficient (Wildman–Crippen LogP) is 4.56. The van der Waals surface area contributed by atoms with Gasteiger partial charge in [-0.2, -0.15) is 0 Å². The van der Waals surface area contributed by atoms with E-state index in [-0.39, 0.29) is 11.3 Å². The highest BCUT2D eigenvalue weighted by Gasteiger charge is 2.36. The van der Waals surface area contributed by atoms with Crippen LogP contribution in [0.1, 0.15) is 16.1 Å². The fraction of sp³-hybridized carbons (Fsp3) is 0.0870. The van der Waals surface area contributed by atoms with E-state index in [9.17, 15) is 9.59 Å². The molecule has 1 amide bonds. The van der Waals surface area contributed by atoms with Crippen LogP contribution in [0.15, 0.2) is 76.1 Å². The van der Waals surface area contributed by atoms with Crippen molar-refractivity contribution in [1.82, 2.24) is 14.7 Å². The van der Waals surface area contributed by atoms with Crippen LogP contribution in [0, 0.1) is 0 Å². The van der Waals surface area contributed by atoms with E-state index in [2.05, 4.69) is 10.3 Å². The molecule has 3 aromatic heterocycles. The van der Waals surface area contributed by atoms with Crippen molar-refractivity contribution in [3.63, 3.8) is 0 Å². The Balaban J connectivity index is 1.38. The van der Waals surface area contributed by atoms with Crippen molar-refractivity contribution in [2.24, 2.45) is 0 Å². The first-order chi connectivity index (χ1) is 16.3. The number of carbonyl (C=O) groups excluding carboxylic acids is 1. The van der Waals surface area contributed by atoms with Crippen molar-refractivity contribution >= 4 is 74.1 Å². The molecule has 0 radical (unpaired) electrons. The molecule has 2 aromatic carbocycles. The summed E-state index contributed by atoms with van der Waals surface area (Å²) in [5.74, 6) is -0.191. The number of para-hydroxylation sites is 2. The van der Waals surface area contributed by atoms with E-state index in [0.717, 1.165) is 16.6 Å². The van der Waals surface area contributed by atoms with Crippen molar-refractivity contribution in [1.29, 1.82) is 0 Å². The molecule has 0 aliphatic heterocycles. The number of ether oxygens (including phenoxy) is 1. The van der Waals surface area contributed by atoms with Gasteiger partial charge in [-0.3, -0.25) is 9.59 Å². The number of thiazole rings is 1. The molecule has 0 spiro atoms. The molecular weight excluding hydrogens is 521 g/mol. The molecule has 0 bridgehead atoms. The number of carbonyl (C=O) groups is 1. The number of alkyl halides is 3. The Morgan fingerprint density at radius 1 is 1.12 bits per heavy atom. The van der Waals surface area contributed by atoms with E-state index in [4.69, 9.17) is 44.0 Å². The van der Waals surface area contributed by atoms with Gasteiger partial charge >= 0.3 is 0 Å². The highest BCUT2D eigenvalue weighted by Crippen LogP contribution is 2.32. The van der Waals surface area contributed by atoms with Crippen LogP contribution in [-0.4, -0.2) is 25.3 Å². The lowest BCUT2D eigenvalue weighted by Gasteiger charge is -2.26. The van der Waals surface area contributed by atoms with Crippen molar-refractivity contribution in [2.45, 2.75) is 10.0 Å². The third kappa shape index (κ3) is 4.50. The largest absolute Gasteiger partial charge is 0.466 e. The first kappa shape index (κ1) is 22.7. The average Bonchev–Trinajstić information content (AvgIpc) is 3.52. The number of benzene rings is 2. The van der Waals surface area contributed by atoms with Gasteiger partial charge in [0.1, 0.15) is 5.75 Å². The van der Waals surface area contributed by atoms with Gasteiger partial charge in [0.05, 0.1) is 21.8 Å². The fourth-order valence-electron chi connectivity index (χ4n) is 3.32. The summed E-state index contributed by atoms with van der Waals surface area (Å²) >= 11 is 19.3. The number of furan rings is 1. The molecule has 1 N–H and O–H groups in total. The molecule has 172 valence electrons. The number of aromatic nitrogens is 2. The normalized spacial score (nSPS) is 13.4. The van der Waals surface area contributed by atoms with Crippen LogP contribution >= 0.6 is 46.1 Å². The van der Waals surface area contributed by atoms with Crippen LogP contribution in [0.4, 0.5) is 0 Å². The van der Waals surface area contributed by atoms with Crippen molar-refractivity contribution in [2.75, 3.05) is 0 Å². The van der Waals surface area contributed by atoms with Crippen LogP contribution in [0.5, 0.6) is 5.75 Å². The smallest absolute Gasteiger partial charge is 0.289 e. The zero-order chi connectivity index (χ0) is 23.9. The minimum Gasteiger partial charge on any atom is -0.466 e. The van der Waals surface area contributed by atoms with Gasteiger partial charge in [0.15, 0.2) is 10.7 Å².